The molecular formula is C17H27N3. The maximum absolute atomic E-state index is 5.75. The van der Waals surface area contributed by atoms with Gasteiger partial charge in [0.15, 0.2) is 0 Å². The summed E-state index contributed by atoms with van der Waals surface area (Å²) in [5.74, 6) is 0. The van der Waals surface area contributed by atoms with Crippen LogP contribution in [0.25, 0.3) is 0 Å². The van der Waals surface area contributed by atoms with Gasteiger partial charge < -0.3 is 11.5 Å². The van der Waals surface area contributed by atoms with Crippen LogP contribution in [-0.4, -0.2) is 25.3 Å². The molecule has 1 aliphatic heterocycles. The molecule has 1 aromatic carbocycles. The van der Waals surface area contributed by atoms with Gasteiger partial charge in [-0.3, -0.25) is 4.99 Å². The van der Waals surface area contributed by atoms with Gasteiger partial charge in [0.05, 0.1) is 0 Å². The average molecular weight is 273 g/mol. The van der Waals surface area contributed by atoms with E-state index in [1.165, 1.54) is 24.1 Å². The lowest BCUT2D eigenvalue weighted by atomic mass is 9.68. The molecule has 0 fully saturated rings. The van der Waals surface area contributed by atoms with Crippen LogP contribution in [0, 0.1) is 5.41 Å². The molecule has 2 rings (SSSR count). The van der Waals surface area contributed by atoms with Crippen LogP contribution in [-0.2, 0) is 0 Å². The Morgan fingerprint density at radius 1 is 1.00 bits per heavy atom. The maximum Gasteiger partial charge on any atom is 0.0482 e. The predicted octanol–water partition coefficient (Wildman–Crippen LogP) is 2.73. The predicted molar refractivity (Wildman–Crippen MR) is 86.1 cm³/mol. The van der Waals surface area contributed by atoms with Crippen molar-refractivity contribution in [2.45, 2.75) is 38.5 Å². The van der Waals surface area contributed by atoms with Gasteiger partial charge in [-0.15, -0.1) is 0 Å². The standard InChI is InChI=1S/C17H27N3/c18-12-4-9-17(10-5-13-19)11-6-14-20-16(17)15-7-2-1-3-8-15/h1-3,7-8H,4-6,9-14,18-19H2. The van der Waals surface area contributed by atoms with Crippen molar-refractivity contribution in [1.29, 1.82) is 0 Å². The molecule has 0 bridgehead atoms. The minimum atomic E-state index is 0.193. The highest BCUT2D eigenvalue weighted by atomic mass is 14.8. The number of hydrogen-bond donors (Lipinski definition) is 2. The van der Waals surface area contributed by atoms with E-state index in [4.69, 9.17) is 16.5 Å². The summed E-state index contributed by atoms with van der Waals surface area (Å²) in [4.78, 5) is 4.89. The fraction of sp³-hybridized carbons (Fsp3) is 0.588. The fourth-order valence-corrected chi connectivity index (χ4v) is 3.38. The Morgan fingerprint density at radius 3 is 2.25 bits per heavy atom. The molecule has 1 aliphatic rings. The zero-order chi connectivity index (χ0) is 14.3. The van der Waals surface area contributed by atoms with E-state index in [-0.39, 0.29) is 5.41 Å². The molecule has 0 aromatic heterocycles. The highest BCUT2D eigenvalue weighted by Crippen LogP contribution is 2.41. The molecule has 0 amide bonds. The Balaban J connectivity index is 2.30. The zero-order valence-corrected chi connectivity index (χ0v) is 12.4. The lowest BCUT2D eigenvalue weighted by Crippen LogP contribution is -2.36. The van der Waals surface area contributed by atoms with Gasteiger partial charge in [0.2, 0.25) is 0 Å². The van der Waals surface area contributed by atoms with Crippen molar-refractivity contribution in [3.8, 4) is 0 Å². The van der Waals surface area contributed by atoms with Crippen LogP contribution in [0.15, 0.2) is 35.3 Å². The third-order valence-electron chi connectivity index (χ3n) is 4.35. The van der Waals surface area contributed by atoms with Crippen LogP contribution in [0.1, 0.15) is 44.1 Å². The Bertz CT molecular complexity index is 417. The van der Waals surface area contributed by atoms with Gasteiger partial charge in [-0.1, -0.05) is 30.3 Å². The molecular weight excluding hydrogens is 246 g/mol. The summed E-state index contributed by atoms with van der Waals surface area (Å²) < 4.78 is 0. The van der Waals surface area contributed by atoms with Crippen molar-refractivity contribution in [3.63, 3.8) is 0 Å². The second kappa shape index (κ2) is 7.55. The van der Waals surface area contributed by atoms with Crippen LogP contribution in [0.5, 0.6) is 0 Å². The summed E-state index contributed by atoms with van der Waals surface area (Å²) in [6.45, 7) is 2.47. The molecule has 110 valence electrons. The van der Waals surface area contributed by atoms with Crippen molar-refractivity contribution in [3.05, 3.63) is 35.9 Å². The molecule has 3 heteroatoms. The minimum absolute atomic E-state index is 0.193. The quantitative estimate of drug-likeness (QED) is 0.802. The van der Waals surface area contributed by atoms with Gasteiger partial charge in [-0.05, 0) is 57.2 Å². The Hall–Kier alpha value is -1.19. The summed E-state index contributed by atoms with van der Waals surface area (Å²) in [5, 5.41) is 0. The smallest absolute Gasteiger partial charge is 0.0482 e. The van der Waals surface area contributed by atoms with E-state index in [1.807, 2.05) is 0 Å². The average Bonchev–Trinajstić information content (AvgIpc) is 2.52. The molecule has 20 heavy (non-hydrogen) atoms. The Morgan fingerprint density at radius 2 is 1.65 bits per heavy atom. The molecule has 1 aromatic rings. The monoisotopic (exact) mass is 273 g/mol. The summed E-state index contributed by atoms with van der Waals surface area (Å²) in [5.41, 5.74) is 14.3. The van der Waals surface area contributed by atoms with Crippen molar-refractivity contribution in [1.82, 2.24) is 0 Å². The normalized spacial score (nSPS) is 17.8. The summed E-state index contributed by atoms with van der Waals surface area (Å²) in [7, 11) is 0. The van der Waals surface area contributed by atoms with E-state index in [9.17, 15) is 0 Å². The van der Waals surface area contributed by atoms with E-state index >= 15 is 0 Å². The van der Waals surface area contributed by atoms with Gasteiger partial charge >= 0.3 is 0 Å². The summed E-state index contributed by atoms with van der Waals surface area (Å²) >= 11 is 0. The van der Waals surface area contributed by atoms with Crippen LogP contribution >= 0.6 is 0 Å². The fourth-order valence-electron chi connectivity index (χ4n) is 3.38. The molecule has 4 N–H and O–H groups in total. The van der Waals surface area contributed by atoms with Gasteiger partial charge in [-0.25, -0.2) is 0 Å². The molecule has 0 atom stereocenters. The first-order valence-corrected chi connectivity index (χ1v) is 7.83. The van der Waals surface area contributed by atoms with Crippen LogP contribution in [0.2, 0.25) is 0 Å². The molecule has 1 heterocycles. The van der Waals surface area contributed by atoms with Gasteiger partial charge in [0.25, 0.3) is 0 Å². The zero-order valence-electron chi connectivity index (χ0n) is 12.4. The SMILES string of the molecule is NCCCC1(CCCN)CCCN=C1c1ccccc1. The number of benzene rings is 1. The van der Waals surface area contributed by atoms with E-state index in [0.29, 0.717) is 0 Å². The Labute approximate surface area is 122 Å². The van der Waals surface area contributed by atoms with Crippen LogP contribution < -0.4 is 11.5 Å². The number of nitrogens with two attached hydrogens (primary N) is 2. The van der Waals surface area contributed by atoms with Gasteiger partial charge in [0.1, 0.15) is 0 Å². The topological polar surface area (TPSA) is 64.4 Å². The molecule has 0 radical (unpaired) electrons. The Kier molecular flexibility index (Phi) is 5.74. The first-order chi connectivity index (χ1) is 9.82. The second-order valence-electron chi connectivity index (χ2n) is 5.76. The maximum atomic E-state index is 5.75. The highest BCUT2D eigenvalue weighted by Gasteiger charge is 2.36. The first-order valence-electron chi connectivity index (χ1n) is 7.83. The summed E-state index contributed by atoms with van der Waals surface area (Å²) in [6, 6.07) is 10.6. The number of rotatable bonds is 7. The van der Waals surface area contributed by atoms with E-state index in [0.717, 1.165) is 45.3 Å². The third kappa shape index (κ3) is 3.47. The molecule has 0 saturated heterocycles. The highest BCUT2D eigenvalue weighted by molar-refractivity contribution is 6.05. The lowest BCUT2D eigenvalue weighted by Gasteiger charge is -2.38. The molecule has 0 saturated carbocycles. The lowest BCUT2D eigenvalue weighted by molar-refractivity contribution is 0.299. The first kappa shape index (κ1) is 15.2. The second-order valence-corrected chi connectivity index (χ2v) is 5.76. The largest absolute Gasteiger partial charge is 0.330 e. The minimum Gasteiger partial charge on any atom is -0.330 e. The van der Waals surface area contributed by atoms with Gasteiger partial charge in [0, 0.05) is 17.7 Å². The van der Waals surface area contributed by atoms with Crippen molar-refractivity contribution >= 4 is 5.71 Å². The summed E-state index contributed by atoms with van der Waals surface area (Å²) in [6.07, 6.45) is 6.81. The van der Waals surface area contributed by atoms with Crippen LogP contribution in [0.3, 0.4) is 0 Å². The van der Waals surface area contributed by atoms with E-state index < -0.39 is 0 Å². The van der Waals surface area contributed by atoms with Gasteiger partial charge in [-0.2, -0.15) is 0 Å². The number of hydrogen-bond acceptors (Lipinski definition) is 3. The number of nitrogens with zero attached hydrogens (tertiary/aromatic N) is 1. The van der Waals surface area contributed by atoms with Crippen LogP contribution in [0.4, 0.5) is 0 Å². The third-order valence-corrected chi connectivity index (χ3v) is 4.35. The van der Waals surface area contributed by atoms with E-state index in [2.05, 4.69) is 30.3 Å². The molecule has 0 unspecified atom stereocenters. The molecule has 3 nitrogen and oxygen atoms in total. The van der Waals surface area contributed by atoms with Crippen molar-refractivity contribution in [2.24, 2.45) is 21.9 Å². The molecule has 0 aliphatic carbocycles. The molecule has 0 spiro atoms. The van der Waals surface area contributed by atoms with E-state index in [1.54, 1.807) is 0 Å². The van der Waals surface area contributed by atoms with Crippen molar-refractivity contribution in [2.75, 3.05) is 19.6 Å². The van der Waals surface area contributed by atoms with Crippen molar-refractivity contribution < 1.29 is 0 Å². The number of aliphatic imine (C=N–C) groups is 1.